The number of hydrogen-bond donors (Lipinski definition) is 3. The van der Waals surface area contributed by atoms with Crippen molar-refractivity contribution in [3.63, 3.8) is 0 Å². The van der Waals surface area contributed by atoms with Gasteiger partial charge in [0.1, 0.15) is 0 Å². The Kier molecular flexibility index (Phi) is 20.9. The molecule has 1 amide bonds. The molecule has 4 nitrogen and oxygen atoms in total. The van der Waals surface area contributed by atoms with Gasteiger partial charge in [0, 0.05) is 26.1 Å². The van der Waals surface area contributed by atoms with E-state index in [0.717, 1.165) is 32.5 Å². The molecule has 0 saturated carbocycles. The monoisotopic (exact) mass is 355 g/mol. The first-order valence-corrected chi connectivity index (χ1v) is 11.0. The van der Waals surface area contributed by atoms with E-state index in [0.29, 0.717) is 13.0 Å². The molecule has 0 aliphatic carbocycles. The second-order valence-electron chi connectivity index (χ2n) is 7.23. The van der Waals surface area contributed by atoms with Gasteiger partial charge in [-0.1, -0.05) is 84.0 Å². The quantitative estimate of drug-likeness (QED) is 0.281. The molecule has 4 N–H and O–H groups in total. The van der Waals surface area contributed by atoms with E-state index in [9.17, 15) is 4.79 Å². The summed E-state index contributed by atoms with van der Waals surface area (Å²) in [7, 11) is 0. The molecule has 0 fully saturated rings. The lowest BCUT2D eigenvalue weighted by atomic mass is 10.0. The first-order chi connectivity index (χ1) is 12.3. The molecular formula is C21H45N3O. The highest BCUT2D eigenvalue weighted by Gasteiger charge is 2.00. The Labute approximate surface area is 157 Å². The van der Waals surface area contributed by atoms with Crippen LogP contribution in [-0.2, 0) is 4.79 Å². The van der Waals surface area contributed by atoms with Crippen LogP contribution in [0.1, 0.15) is 103 Å². The molecule has 0 rings (SSSR count). The van der Waals surface area contributed by atoms with Crippen LogP contribution in [-0.4, -0.2) is 32.1 Å². The molecule has 0 aliphatic rings. The van der Waals surface area contributed by atoms with Crippen molar-refractivity contribution in [2.75, 3.05) is 26.2 Å². The van der Waals surface area contributed by atoms with Crippen molar-refractivity contribution < 1.29 is 4.79 Å². The van der Waals surface area contributed by atoms with Crippen LogP contribution in [0, 0.1) is 0 Å². The van der Waals surface area contributed by atoms with Gasteiger partial charge in [0.2, 0.25) is 5.91 Å². The fraction of sp³-hybridized carbons (Fsp3) is 0.952. The lowest BCUT2D eigenvalue weighted by molar-refractivity contribution is -0.121. The summed E-state index contributed by atoms with van der Waals surface area (Å²) >= 11 is 0. The molecular weight excluding hydrogens is 310 g/mol. The number of nitrogens with one attached hydrogen (secondary N) is 2. The maximum absolute atomic E-state index is 11.7. The fourth-order valence-corrected chi connectivity index (χ4v) is 3.06. The minimum atomic E-state index is 0.210. The molecule has 0 heterocycles. The molecule has 0 unspecified atom stereocenters. The summed E-state index contributed by atoms with van der Waals surface area (Å²) in [4.78, 5) is 11.7. The number of carbonyl (C=O) groups excluding carboxylic acids is 1. The lowest BCUT2D eigenvalue weighted by Crippen LogP contribution is -2.29. The number of hydrogen-bond acceptors (Lipinski definition) is 3. The zero-order chi connectivity index (χ0) is 18.4. The van der Waals surface area contributed by atoms with Crippen LogP contribution in [0.3, 0.4) is 0 Å². The van der Waals surface area contributed by atoms with Crippen molar-refractivity contribution in [2.45, 2.75) is 103 Å². The number of rotatable bonds is 20. The van der Waals surface area contributed by atoms with Crippen molar-refractivity contribution in [1.82, 2.24) is 10.6 Å². The Balaban J connectivity index is 3.11. The zero-order valence-electron chi connectivity index (χ0n) is 16.9. The molecule has 0 aliphatic heterocycles. The topological polar surface area (TPSA) is 67.2 Å². The normalized spacial score (nSPS) is 11.0. The number of carbonyl (C=O) groups is 1. The van der Waals surface area contributed by atoms with Gasteiger partial charge in [-0.05, 0) is 19.4 Å². The van der Waals surface area contributed by atoms with E-state index in [-0.39, 0.29) is 5.91 Å². The van der Waals surface area contributed by atoms with E-state index in [4.69, 9.17) is 5.73 Å². The first-order valence-electron chi connectivity index (χ1n) is 11.0. The van der Waals surface area contributed by atoms with Crippen LogP contribution in [0.4, 0.5) is 0 Å². The maximum Gasteiger partial charge on any atom is 0.219 e. The minimum Gasteiger partial charge on any atom is -0.356 e. The number of amides is 1. The summed E-state index contributed by atoms with van der Waals surface area (Å²) < 4.78 is 0. The Morgan fingerprint density at radius 2 is 1.20 bits per heavy atom. The molecule has 0 bridgehead atoms. The Bertz CT molecular complexity index is 272. The van der Waals surface area contributed by atoms with Crippen LogP contribution >= 0.6 is 0 Å². The van der Waals surface area contributed by atoms with E-state index in [1.807, 2.05) is 0 Å². The van der Waals surface area contributed by atoms with Gasteiger partial charge in [-0.15, -0.1) is 0 Å². The van der Waals surface area contributed by atoms with Crippen LogP contribution in [0.2, 0.25) is 0 Å². The van der Waals surface area contributed by atoms with Gasteiger partial charge in [-0.25, -0.2) is 0 Å². The summed E-state index contributed by atoms with van der Waals surface area (Å²) in [6.07, 6.45) is 19.2. The van der Waals surface area contributed by atoms with Gasteiger partial charge < -0.3 is 16.4 Å². The van der Waals surface area contributed by atoms with Gasteiger partial charge in [0.15, 0.2) is 0 Å². The second-order valence-corrected chi connectivity index (χ2v) is 7.23. The molecule has 0 aromatic carbocycles. The molecule has 0 aromatic rings. The molecule has 0 spiro atoms. The highest BCUT2D eigenvalue weighted by molar-refractivity contribution is 5.75. The molecule has 25 heavy (non-hydrogen) atoms. The minimum absolute atomic E-state index is 0.210. The highest BCUT2D eigenvalue weighted by atomic mass is 16.1. The Morgan fingerprint density at radius 1 is 0.680 bits per heavy atom. The summed E-state index contributed by atoms with van der Waals surface area (Å²) in [5.74, 6) is 0.210. The smallest absolute Gasteiger partial charge is 0.219 e. The molecule has 150 valence electrons. The summed E-state index contributed by atoms with van der Waals surface area (Å²) in [5.41, 5.74) is 5.40. The van der Waals surface area contributed by atoms with E-state index >= 15 is 0 Å². The third kappa shape index (κ3) is 21.3. The van der Waals surface area contributed by atoms with Gasteiger partial charge in [-0.2, -0.15) is 0 Å². The third-order valence-corrected chi connectivity index (χ3v) is 4.68. The van der Waals surface area contributed by atoms with Crippen LogP contribution < -0.4 is 16.4 Å². The predicted molar refractivity (Wildman–Crippen MR) is 110 cm³/mol. The van der Waals surface area contributed by atoms with E-state index in [1.165, 1.54) is 77.0 Å². The molecule has 0 aromatic heterocycles. The maximum atomic E-state index is 11.7. The lowest BCUT2D eigenvalue weighted by Gasteiger charge is -2.06. The van der Waals surface area contributed by atoms with Gasteiger partial charge >= 0.3 is 0 Å². The zero-order valence-corrected chi connectivity index (χ0v) is 16.9. The fourth-order valence-electron chi connectivity index (χ4n) is 3.06. The number of unbranched alkanes of at least 4 members (excludes halogenated alkanes) is 12. The van der Waals surface area contributed by atoms with Crippen LogP contribution in [0.5, 0.6) is 0 Å². The molecule has 4 heteroatoms. The summed E-state index contributed by atoms with van der Waals surface area (Å²) in [6.45, 7) is 5.50. The van der Waals surface area contributed by atoms with Gasteiger partial charge in [0.25, 0.3) is 0 Å². The third-order valence-electron chi connectivity index (χ3n) is 4.68. The molecule has 0 radical (unpaired) electrons. The molecule has 0 saturated heterocycles. The van der Waals surface area contributed by atoms with Crippen LogP contribution in [0.15, 0.2) is 0 Å². The van der Waals surface area contributed by atoms with Crippen molar-refractivity contribution in [3.8, 4) is 0 Å². The van der Waals surface area contributed by atoms with Crippen molar-refractivity contribution in [1.29, 1.82) is 0 Å². The van der Waals surface area contributed by atoms with Gasteiger partial charge in [0.05, 0.1) is 0 Å². The SMILES string of the molecule is CCCCCCCCCCCCCCCC(=O)NCCCNCCN. The largest absolute Gasteiger partial charge is 0.356 e. The average Bonchev–Trinajstić information content (AvgIpc) is 2.62. The summed E-state index contributed by atoms with van der Waals surface area (Å²) in [6, 6.07) is 0. The van der Waals surface area contributed by atoms with Crippen LogP contribution in [0.25, 0.3) is 0 Å². The summed E-state index contributed by atoms with van der Waals surface area (Å²) in [5, 5.41) is 6.22. The Hall–Kier alpha value is -0.610. The predicted octanol–water partition coefficient (Wildman–Crippen LogP) is 4.52. The first kappa shape index (κ1) is 24.4. The van der Waals surface area contributed by atoms with E-state index in [1.54, 1.807) is 0 Å². The van der Waals surface area contributed by atoms with Crippen molar-refractivity contribution in [2.24, 2.45) is 5.73 Å². The standard InChI is InChI=1S/C21H45N3O/c1-2-3-4-5-6-7-8-9-10-11-12-13-14-16-21(25)24-19-15-18-23-20-17-22/h23H,2-20,22H2,1H3,(H,24,25). The van der Waals surface area contributed by atoms with Crippen molar-refractivity contribution in [3.05, 3.63) is 0 Å². The second kappa shape index (κ2) is 21.4. The Morgan fingerprint density at radius 3 is 1.72 bits per heavy atom. The van der Waals surface area contributed by atoms with Gasteiger partial charge in [-0.3, -0.25) is 4.79 Å². The number of nitrogens with two attached hydrogens (primary N) is 1. The highest BCUT2D eigenvalue weighted by Crippen LogP contribution is 2.12. The van der Waals surface area contributed by atoms with E-state index < -0.39 is 0 Å². The molecule has 0 atom stereocenters. The van der Waals surface area contributed by atoms with E-state index in [2.05, 4.69) is 17.6 Å². The average molecular weight is 356 g/mol. The van der Waals surface area contributed by atoms with Crippen molar-refractivity contribution >= 4 is 5.91 Å².